The second kappa shape index (κ2) is 7.22. The van der Waals surface area contributed by atoms with Crippen LogP contribution in [0.5, 0.6) is 5.75 Å². The van der Waals surface area contributed by atoms with Gasteiger partial charge in [-0.3, -0.25) is 0 Å². The molecule has 1 spiro atoms. The molecule has 2 N–H and O–H groups in total. The first kappa shape index (κ1) is 19.3. The third-order valence-electron chi connectivity index (χ3n) is 5.95. The first-order valence-corrected chi connectivity index (χ1v) is 11.4. The topological polar surface area (TPSA) is 103 Å². The summed E-state index contributed by atoms with van der Waals surface area (Å²) in [5.74, 6) is 1.60. The van der Waals surface area contributed by atoms with Gasteiger partial charge in [-0.25, -0.2) is 9.97 Å². The molecule has 2 fully saturated rings. The number of aromatic amines is 1. The molecule has 0 atom stereocenters. The van der Waals surface area contributed by atoms with Crippen LogP contribution in [-0.2, 0) is 16.8 Å². The number of nitrogens with one attached hydrogen (secondary N) is 2. The van der Waals surface area contributed by atoms with Crippen molar-refractivity contribution < 1.29 is 13.2 Å². The standard InChI is InChI=1S/C20H24N6O3S/c1-29-16-4-2-15(3-5-16)12-24-30(27,28)26-11-10-25(13-20(26)7-8-20)19-17-6-9-21-18(17)22-14-23-19/h2-6,9,14,24H,7-8,10-13H2,1H3,(H,21,22,23). The number of aromatic nitrogens is 3. The summed E-state index contributed by atoms with van der Waals surface area (Å²) >= 11 is 0. The molecule has 0 bridgehead atoms. The maximum absolute atomic E-state index is 13.1. The first-order chi connectivity index (χ1) is 14.5. The normalized spacial score (nSPS) is 18.8. The Balaban J connectivity index is 1.31. The summed E-state index contributed by atoms with van der Waals surface area (Å²) in [6.45, 7) is 1.89. The summed E-state index contributed by atoms with van der Waals surface area (Å²) in [6.07, 6.45) is 5.11. The molecule has 1 aromatic carbocycles. The van der Waals surface area contributed by atoms with Crippen molar-refractivity contribution in [2.75, 3.05) is 31.6 Å². The van der Waals surface area contributed by atoms with E-state index in [-0.39, 0.29) is 12.1 Å². The lowest BCUT2D eigenvalue weighted by atomic mass is 10.2. The molecule has 1 aliphatic carbocycles. The van der Waals surface area contributed by atoms with Gasteiger partial charge in [-0.05, 0) is 36.6 Å². The van der Waals surface area contributed by atoms with Crippen LogP contribution >= 0.6 is 0 Å². The molecule has 5 rings (SSSR count). The van der Waals surface area contributed by atoms with E-state index in [0.29, 0.717) is 19.6 Å². The molecular formula is C20H24N6O3S. The number of benzene rings is 1. The minimum absolute atomic E-state index is 0.249. The van der Waals surface area contributed by atoms with Gasteiger partial charge in [0.05, 0.1) is 18.0 Å². The monoisotopic (exact) mass is 428 g/mol. The van der Waals surface area contributed by atoms with Crippen LogP contribution in [0.2, 0.25) is 0 Å². The van der Waals surface area contributed by atoms with Gasteiger partial charge in [-0.2, -0.15) is 17.4 Å². The Labute approximate surface area is 175 Å². The highest BCUT2D eigenvalue weighted by atomic mass is 32.2. The number of hydrogen-bond donors (Lipinski definition) is 2. The molecule has 3 aromatic rings. The Kier molecular flexibility index (Phi) is 4.64. The highest BCUT2D eigenvalue weighted by molar-refractivity contribution is 7.87. The third kappa shape index (κ3) is 3.40. The van der Waals surface area contributed by atoms with Gasteiger partial charge in [0.1, 0.15) is 23.5 Å². The van der Waals surface area contributed by atoms with Gasteiger partial charge in [0.2, 0.25) is 0 Å². The van der Waals surface area contributed by atoms with Crippen molar-refractivity contribution >= 4 is 27.1 Å². The number of fused-ring (bicyclic) bond motifs is 1. The zero-order chi connectivity index (χ0) is 20.8. The average molecular weight is 429 g/mol. The van der Waals surface area contributed by atoms with E-state index in [4.69, 9.17) is 4.74 Å². The van der Waals surface area contributed by atoms with E-state index in [1.807, 2.05) is 36.5 Å². The number of rotatable bonds is 6. The Morgan fingerprint density at radius 2 is 1.97 bits per heavy atom. The van der Waals surface area contributed by atoms with Crippen molar-refractivity contribution in [3.8, 4) is 5.75 Å². The quantitative estimate of drug-likeness (QED) is 0.619. The Morgan fingerprint density at radius 3 is 2.70 bits per heavy atom. The Morgan fingerprint density at radius 1 is 1.17 bits per heavy atom. The molecule has 1 aliphatic heterocycles. The number of hydrogen-bond acceptors (Lipinski definition) is 6. The van der Waals surface area contributed by atoms with Crippen LogP contribution in [0.1, 0.15) is 18.4 Å². The fourth-order valence-corrected chi connectivity index (χ4v) is 5.75. The van der Waals surface area contributed by atoms with Crippen LogP contribution in [0.4, 0.5) is 5.82 Å². The Bertz CT molecular complexity index is 1160. The highest BCUT2D eigenvalue weighted by Crippen LogP contribution is 2.46. The average Bonchev–Trinajstić information content (AvgIpc) is 3.33. The van der Waals surface area contributed by atoms with E-state index in [2.05, 4.69) is 24.6 Å². The number of anilines is 1. The summed E-state index contributed by atoms with van der Waals surface area (Å²) < 4.78 is 35.8. The van der Waals surface area contributed by atoms with Gasteiger partial charge in [-0.15, -0.1) is 0 Å². The van der Waals surface area contributed by atoms with Gasteiger partial charge in [0.15, 0.2) is 0 Å². The van der Waals surface area contributed by atoms with Crippen LogP contribution in [0.25, 0.3) is 11.0 Å². The molecule has 0 unspecified atom stereocenters. The molecule has 30 heavy (non-hydrogen) atoms. The molecule has 3 heterocycles. The van der Waals surface area contributed by atoms with E-state index in [1.165, 1.54) is 0 Å². The van der Waals surface area contributed by atoms with Gasteiger partial charge in [0.25, 0.3) is 10.2 Å². The minimum Gasteiger partial charge on any atom is -0.497 e. The van der Waals surface area contributed by atoms with E-state index in [9.17, 15) is 8.42 Å². The molecule has 1 saturated heterocycles. The third-order valence-corrected chi connectivity index (χ3v) is 7.61. The fourth-order valence-electron chi connectivity index (χ4n) is 4.18. The summed E-state index contributed by atoms with van der Waals surface area (Å²) in [5, 5.41) is 0.960. The second-order valence-corrected chi connectivity index (χ2v) is 9.51. The van der Waals surface area contributed by atoms with Crippen molar-refractivity contribution in [2.45, 2.75) is 24.9 Å². The maximum Gasteiger partial charge on any atom is 0.280 e. The molecule has 10 heteroatoms. The molecule has 9 nitrogen and oxygen atoms in total. The van der Waals surface area contributed by atoms with E-state index in [0.717, 1.165) is 41.0 Å². The molecule has 0 radical (unpaired) electrons. The predicted molar refractivity (Wildman–Crippen MR) is 114 cm³/mol. The van der Waals surface area contributed by atoms with Crippen molar-refractivity contribution in [3.63, 3.8) is 0 Å². The number of nitrogens with zero attached hydrogens (tertiary/aromatic N) is 4. The number of methoxy groups -OCH3 is 1. The van der Waals surface area contributed by atoms with Crippen molar-refractivity contribution in [1.29, 1.82) is 0 Å². The summed E-state index contributed by atoms with van der Waals surface area (Å²) in [4.78, 5) is 14.0. The maximum atomic E-state index is 13.1. The van der Waals surface area contributed by atoms with Crippen LogP contribution in [-0.4, -0.2) is 60.0 Å². The SMILES string of the molecule is COc1ccc(CNS(=O)(=O)N2CCN(c3ncnc4[nH]ccc34)CC23CC3)cc1. The lowest BCUT2D eigenvalue weighted by Crippen LogP contribution is -2.59. The lowest BCUT2D eigenvalue weighted by molar-refractivity contribution is 0.267. The molecule has 2 aliphatic rings. The summed E-state index contributed by atoms with van der Waals surface area (Å²) in [5.41, 5.74) is 1.32. The molecule has 158 valence electrons. The van der Waals surface area contributed by atoms with Crippen LogP contribution in [0.15, 0.2) is 42.9 Å². The predicted octanol–water partition coefficient (Wildman–Crippen LogP) is 1.66. The minimum atomic E-state index is -3.59. The second-order valence-electron chi connectivity index (χ2n) is 7.83. The summed E-state index contributed by atoms with van der Waals surface area (Å²) in [7, 11) is -1.99. The lowest BCUT2D eigenvalue weighted by Gasteiger charge is -2.41. The largest absolute Gasteiger partial charge is 0.497 e. The number of piperazine rings is 1. The van der Waals surface area contributed by atoms with Crippen LogP contribution in [0, 0.1) is 0 Å². The van der Waals surface area contributed by atoms with E-state index < -0.39 is 10.2 Å². The molecular weight excluding hydrogens is 404 g/mol. The van der Waals surface area contributed by atoms with Crippen molar-refractivity contribution in [2.24, 2.45) is 0 Å². The zero-order valence-electron chi connectivity index (χ0n) is 16.7. The molecule has 2 aromatic heterocycles. The van der Waals surface area contributed by atoms with Gasteiger partial charge in [0, 0.05) is 32.4 Å². The molecule has 1 saturated carbocycles. The number of H-pyrrole nitrogens is 1. The smallest absolute Gasteiger partial charge is 0.280 e. The number of ether oxygens (including phenoxy) is 1. The van der Waals surface area contributed by atoms with Crippen molar-refractivity contribution in [3.05, 3.63) is 48.4 Å². The van der Waals surface area contributed by atoms with Crippen molar-refractivity contribution in [1.82, 2.24) is 24.0 Å². The van der Waals surface area contributed by atoms with Gasteiger partial charge in [-0.1, -0.05) is 12.1 Å². The summed E-state index contributed by atoms with van der Waals surface area (Å²) in [6, 6.07) is 9.35. The van der Waals surface area contributed by atoms with Gasteiger partial charge < -0.3 is 14.6 Å². The fraction of sp³-hybridized carbons (Fsp3) is 0.400. The van der Waals surface area contributed by atoms with E-state index in [1.54, 1.807) is 17.7 Å². The van der Waals surface area contributed by atoms with Gasteiger partial charge >= 0.3 is 0 Å². The molecule has 0 amide bonds. The highest BCUT2D eigenvalue weighted by Gasteiger charge is 2.56. The Hall–Kier alpha value is -2.69. The first-order valence-electron chi connectivity index (χ1n) is 9.94. The van der Waals surface area contributed by atoms with Crippen LogP contribution < -0.4 is 14.4 Å². The van der Waals surface area contributed by atoms with Crippen LogP contribution in [0.3, 0.4) is 0 Å². The zero-order valence-corrected chi connectivity index (χ0v) is 17.5. The van der Waals surface area contributed by atoms with E-state index >= 15 is 0 Å².